The molecular formula is C17H11F3N2O3S2. The molecule has 0 aliphatic carbocycles. The summed E-state index contributed by atoms with van der Waals surface area (Å²) in [6.07, 6.45) is 0. The first kappa shape index (κ1) is 18.9. The van der Waals surface area contributed by atoms with E-state index in [1.165, 1.54) is 23.6 Å². The molecule has 0 radical (unpaired) electrons. The van der Waals surface area contributed by atoms with Gasteiger partial charge in [-0.1, -0.05) is 12.1 Å². The molecule has 10 heteroatoms. The van der Waals surface area contributed by atoms with E-state index in [1.54, 1.807) is 0 Å². The highest BCUT2D eigenvalue weighted by molar-refractivity contribution is 7.92. The van der Waals surface area contributed by atoms with Gasteiger partial charge in [0.15, 0.2) is 11.6 Å². The van der Waals surface area contributed by atoms with Crippen molar-refractivity contribution in [3.05, 3.63) is 76.2 Å². The molecule has 3 aromatic rings. The SMILES string of the molecule is O=C(Nc1ccc(F)c(F)c1)c1sccc1NS(=O)(=O)c1ccccc1F. The molecule has 1 aromatic heterocycles. The van der Waals surface area contributed by atoms with E-state index < -0.39 is 38.3 Å². The molecule has 0 aliphatic heterocycles. The number of carbonyl (C=O) groups is 1. The summed E-state index contributed by atoms with van der Waals surface area (Å²) in [6.45, 7) is 0. The summed E-state index contributed by atoms with van der Waals surface area (Å²) in [5.41, 5.74) is -0.0708. The van der Waals surface area contributed by atoms with Crippen LogP contribution in [0.25, 0.3) is 0 Å². The van der Waals surface area contributed by atoms with Crippen LogP contribution in [-0.2, 0) is 10.0 Å². The van der Waals surface area contributed by atoms with Gasteiger partial charge < -0.3 is 5.32 Å². The Morgan fingerprint density at radius 2 is 1.67 bits per heavy atom. The summed E-state index contributed by atoms with van der Waals surface area (Å²) in [6, 6.07) is 8.94. The van der Waals surface area contributed by atoms with Gasteiger partial charge in [0.25, 0.3) is 15.9 Å². The lowest BCUT2D eigenvalue weighted by Gasteiger charge is -2.10. The molecule has 2 N–H and O–H groups in total. The van der Waals surface area contributed by atoms with Gasteiger partial charge in [-0.2, -0.15) is 0 Å². The lowest BCUT2D eigenvalue weighted by atomic mass is 10.3. The first-order valence-corrected chi connectivity index (χ1v) is 9.75. The zero-order valence-electron chi connectivity index (χ0n) is 13.4. The largest absolute Gasteiger partial charge is 0.321 e. The molecule has 0 spiro atoms. The number of hydrogen-bond acceptors (Lipinski definition) is 4. The summed E-state index contributed by atoms with van der Waals surface area (Å²) in [5.74, 6) is -3.88. The first-order chi connectivity index (χ1) is 12.8. The molecule has 5 nitrogen and oxygen atoms in total. The van der Waals surface area contributed by atoms with Crippen molar-refractivity contribution in [3.8, 4) is 0 Å². The number of hydrogen-bond donors (Lipinski definition) is 2. The van der Waals surface area contributed by atoms with Crippen LogP contribution in [0.4, 0.5) is 24.5 Å². The van der Waals surface area contributed by atoms with Crippen LogP contribution in [0.5, 0.6) is 0 Å². The third-order valence-electron chi connectivity index (χ3n) is 3.42. The maximum absolute atomic E-state index is 13.8. The molecule has 0 atom stereocenters. The zero-order chi connectivity index (χ0) is 19.6. The van der Waals surface area contributed by atoms with Crippen molar-refractivity contribution in [2.75, 3.05) is 10.0 Å². The lowest BCUT2D eigenvalue weighted by Crippen LogP contribution is -2.18. The van der Waals surface area contributed by atoms with Crippen LogP contribution in [0, 0.1) is 17.5 Å². The minimum atomic E-state index is -4.26. The Morgan fingerprint density at radius 1 is 0.926 bits per heavy atom. The summed E-state index contributed by atoms with van der Waals surface area (Å²) in [4.78, 5) is 11.8. The molecule has 0 bridgehead atoms. The third-order valence-corrected chi connectivity index (χ3v) is 5.73. The van der Waals surface area contributed by atoms with Gasteiger partial charge in [0, 0.05) is 11.8 Å². The van der Waals surface area contributed by atoms with Gasteiger partial charge in [-0.3, -0.25) is 9.52 Å². The Hall–Kier alpha value is -2.85. The number of thiophene rings is 1. The summed E-state index contributed by atoms with van der Waals surface area (Å²) >= 11 is 0.924. The topological polar surface area (TPSA) is 75.3 Å². The number of carbonyl (C=O) groups excluding carboxylic acids is 1. The third kappa shape index (κ3) is 4.12. The summed E-state index contributed by atoms with van der Waals surface area (Å²) < 4.78 is 66.9. The molecule has 0 aliphatic rings. The smallest absolute Gasteiger partial charge is 0.267 e. The predicted octanol–water partition coefficient (Wildman–Crippen LogP) is 4.22. The van der Waals surface area contributed by atoms with Crippen molar-refractivity contribution in [2.45, 2.75) is 4.90 Å². The van der Waals surface area contributed by atoms with Crippen LogP contribution in [0.2, 0.25) is 0 Å². The summed E-state index contributed by atoms with van der Waals surface area (Å²) in [7, 11) is -4.26. The monoisotopic (exact) mass is 412 g/mol. The second kappa shape index (κ2) is 7.41. The fourth-order valence-electron chi connectivity index (χ4n) is 2.19. The minimum absolute atomic E-state index is 0.00443. The molecule has 1 heterocycles. The van der Waals surface area contributed by atoms with Crippen LogP contribution in [0.15, 0.2) is 58.8 Å². The quantitative estimate of drug-likeness (QED) is 0.659. The number of amides is 1. The Morgan fingerprint density at radius 3 is 2.37 bits per heavy atom. The normalized spacial score (nSPS) is 11.2. The highest BCUT2D eigenvalue weighted by Gasteiger charge is 2.22. The van der Waals surface area contributed by atoms with Crippen LogP contribution in [0.1, 0.15) is 9.67 Å². The van der Waals surface area contributed by atoms with Crippen molar-refractivity contribution in [3.63, 3.8) is 0 Å². The lowest BCUT2D eigenvalue weighted by molar-refractivity contribution is 0.103. The van der Waals surface area contributed by atoms with Crippen molar-refractivity contribution >= 4 is 38.6 Å². The number of benzene rings is 2. The number of rotatable bonds is 5. The molecule has 0 saturated carbocycles. The number of halogens is 3. The van der Waals surface area contributed by atoms with E-state index in [0.29, 0.717) is 0 Å². The average molecular weight is 412 g/mol. The molecule has 0 saturated heterocycles. The van der Waals surface area contributed by atoms with Crippen LogP contribution in [-0.4, -0.2) is 14.3 Å². The van der Waals surface area contributed by atoms with Crippen LogP contribution >= 0.6 is 11.3 Å². The standard InChI is InChI=1S/C17H11F3N2O3S2/c18-11-6-5-10(9-13(11)20)21-17(23)16-14(7-8-26-16)22-27(24,25)15-4-2-1-3-12(15)19/h1-9,22H,(H,21,23). The van der Waals surface area contributed by atoms with Crippen LogP contribution < -0.4 is 10.0 Å². The Bertz CT molecular complexity index is 1110. The van der Waals surface area contributed by atoms with E-state index >= 15 is 0 Å². The molecule has 27 heavy (non-hydrogen) atoms. The highest BCUT2D eigenvalue weighted by Crippen LogP contribution is 2.27. The minimum Gasteiger partial charge on any atom is -0.321 e. The van der Waals surface area contributed by atoms with E-state index in [9.17, 15) is 26.4 Å². The van der Waals surface area contributed by atoms with Gasteiger partial charge in [0.05, 0.1) is 5.69 Å². The molecule has 2 aromatic carbocycles. The van der Waals surface area contributed by atoms with Gasteiger partial charge in [-0.15, -0.1) is 11.3 Å². The fourth-order valence-corrected chi connectivity index (χ4v) is 4.15. The number of sulfonamides is 1. The molecule has 3 rings (SSSR count). The van der Waals surface area contributed by atoms with Gasteiger partial charge in [-0.05, 0) is 35.7 Å². The van der Waals surface area contributed by atoms with Crippen molar-refractivity contribution in [2.24, 2.45) is 0 Å². The van der Waals surface area contributed by atoms with E-state index in [0.717, 1.165) is 41.7 Å². The van der Waals surface area contributed by atoms with E-state index in [-0.39, 0.29) is 16.3 Å². The van der Waals surface area contributed by atoms with Gasteiger partial charge >= 0.3 is 0 Å². The first-order valence-electron chi connectivity index (χ1n) is 7.39. The predicted molar refractivity (Wildman–Crippen MR) is 95.8 cm³/mol. The van der Waals surface area contributed by atoms with Crippen molar-refractivity contribution in [1.29, 1.82) is 0 Å². The van der Waals surface area contributed by atoms with Crippen molar-refractivity contribution in [1.82, 2.24) is 0 Å². The second-order valence-electron chi connectivity index (χ2n) is 5.28. The molecular weight excluding hydrogens is 401 g/mol. The van der Waals surface area contributed by atoms with Gasteiger partial charge in [0.1, 0.15) is 15.6 Å². The molecule has 0 fully saturated rings. The maximum atomic E-state index is 13.8. The molecule has 1 amide bonds. The van der Waals surface area contributed by atoms with E-state index in [1.807, 2.05) is 0 Å². The summed E-state index contributed by atoms with van der Waals surface area (Å²) in [5, 5.41) is 3.80. The van der Waals surface area contributed by atoms with Crippen molar-refractivity contribution < 1.29 is 26.4 Å². The van der Waals surface area contributed by atoms with E-state index in [4.69, 9.17) is 0 Å². The Labute approximate surface area is 156 Å². The van der Waals surface area contributed by atoms with Gasteiger partial charge in [0.2, 0.25) is 0 Å². The van der Waals surface area contributed by atoms with Gasteiger partial charge in [-0.25, -0.2) is 21.6 Å². The second-order valence-corrected chi connectivity index (χ2v) is 7.85. The highest BCUT2D eigenvalue weighted by atomic mass is 32.2. The number of anilines is 2. The average Bonchev–Trinajstić information content (AvgIpc) is 3.06. The molecule has 140 valence electrons. The number of nitrogens with one attached hydrogen (secondary N) is 2. The zero-order valence-corrected chi connectivity index (χ0v) is 15.0. The van der Waals surface area contributed by atoms with E-state index in [2.05, 4.69) is 10.0 Å². The molecule has 0 unspecified atom stereocenters. The van der Waals surface area contributed by atoms with Crippen LogP contribution in [0.3, 0.4) is 0 Å². The Balaban J connectivity index is 1.84. The fraction of sp³-hybridized carbons (Fsp3) is 0. The Kier molecular flexibility index (Phi) is 5.19. The maximum Gasteiger partial charge on any atom is 0.267 e.